The first-order valence-electron chi connectivity index (χ1n) is 6.48. The van der Waals surface area contributed by atoms with Crippen molar-refractivity contribution < 1.29 is 4.74 Å². The first-order valence-corrected chi connectivity index (χ1v) is 6.86. The van der Waals surface area contributed by atoms with Crippen molar-refractivity contribution in [3.63, 3.8) is 0 Å². The second kappa shape index (κ2) is 7.01. The van der Waals surface area contributed by atoms with Gasteiger partial charge in [-0.2, -0.15) is 0 Å². The first kappa shape index (κ1) is 15.3. The van der Waals surface area contributed by atoms with E-state index >= 15 is 0 Å². The van der Waals surface area contributed by atoms with Gasteiger partial charge < -0.3 is 10.1 Å². The normalized spacial score (nSPS) is 11.6. The molecule has 0 saturated heterocycles. The minimum atomic E-state index is 0.383. The monoisotopic (exact) mass is 269 g/mol. The Labute approximate surface area is 116 Å². The summed E-state index contributed by atoms with van der Waals surface area (Å²) in [5.74, 6) is 0.764. The standard InChI is InChI=1S/C15H24ClNO/c1-12-5-6-14(13(16)11-12)18-10-9-17-8-7-15(2,3)4/h5-6,11,17H,7-10H2,1-4H3. The van der Waals surface area contributed by atoms with E-state index in [9.17, 15) is 0 Å². The lowest BCUT2D eigenvalue weighted by atomic mass is 9.92. The Hall–Kier alpha value is -0.730. The quantitative estimate of drug-likeness (QED) is 0.787. The number of benzene rings is 1. The Morgan fingerprint density at radius 2 is 1.94 bits per heavy atom. The van der Waals surface area contributed by atoms with Crippen LogP contribution >= 0.6 is 11.6 Å². The number of nitrogens with one attached hydrogen (secondary N) is 1. The van der Waals surface area contributed by atoms with Gasteiger partial charge in [0.15, 0.2) is 0 Å². The van der Waals surface area contributed by atoms with Crippen LogP contribution in [0.5, 0.6) is 5.75 Å². The van der Waals surface area contributed by atoms with Gasteiger partial charge in [-0.1, -0.05) is 38.4 Å². The fourth-order valence-electron chi connectivity index (χ4n) is 1.54. The van der Waals surface area contributed by atoms with E-state index in [0.717, 1.165) is 30.8 Å². The molecule has 1 aromatic carbocycles. The zero-order chi connectivity index (χ0) is 13.6. The summed E-state index contributed by atoms with van der Waals surface area (Å²) < 4.78 is 5.63. The average molecular weight is 270 g/mol. The summed E-state index contributed by atoms with van der Waals surface area (Å²) in [4.78, 5) is 0. The zero-order valence-electron chi connectivity index (χ0n) is 11.8. The van der Waals surface area contributed by atoms with Gasteiger partial charge in [-0.05, 0) is 43.0 Å². The van der Waals surface area contributed by atoms with Gasteiger partial charge >= 0.3 is 0 Å². The molecule has 18 heavy (non-hydrogen) atoms. The van der Waals surface area contributed by atoms with Crippen LogP contribution < -0.4 is 10.1 Å². The highest BCUT2D eigenvalue weighted by Crippen LogP contribution is 2.24. The fourth-order valence-corrected chi connectivity index (χ4v) is 1.83. The van der Waals surface area contributed by atoms with E-state index in [1.54, 1.807) is 0 Å². The smallest absolute Gasteiger partial charge is 0.137 e. The topological polar surface area (TPSA) is 21.3 Å². The second-order valence-corrected chi connectivity index (χ2v) is 6.25. The van der Waals surface area contributed by atoms with Crippen LogP contribution in [0.2, 0.25) is 5.02 Å². The number of hydrogen-bond donors (Lipinski definition) is 1. The minimum Gasteiger partial charge on any atom is -0.491 e. The van der Waals surface area contributed by atoms with Crippen molar-refractivity contribution in [1.29, 1.82) is 0 Å². The van der Waals surface area contributed by atoms with E-state index in [0.29, 0.717) is 17.0 Å². The van der Waals surface area contributed by atoms with Gasteiger partial charge in [-0.3, -0.25) is 0 Å². The molecule has 2 nitrogen and oxygen atoms in total. The maximum Gasteiger partial charge on any atom is 0.137 e. The Balaban J connectivity index is 2.18. The zero-order valence-corrected chi connectivity index (χ0v) is 12.6. The molecule has 0 aliphatic heterocycles. The molecule has 0 fully saturated rings. The summed E-state index contributed by atoms with van der Waals surface area (Å²) in [5, 5.41) is 4.06. The molecule has 3 heteroatoms. The second-order valence-electron chi connectivity index (χ2n) is 5.84. The summed E-state index contributed by atoms with van der Waals surface area (Å²) in [7, 11) is 0. The molecule has 0 unspecified atom stereocenters. The lowest BCUT2D eigenvalue weighted by Crippen LogP contribution is -2.25. The van der Waals surface area contributed by atoms with Crippen LogP contribution in [0, 0.1) is 12.3 Å². The predicted molar refractivity (Wildman–Crippen MR) is 78.6 cm³/mol. The van der Waals surface area contributed by atoms with Crippen molar-refractivity contribution in [1.82, 2.24) is 5.32 Å². The van der Waals surface area contributed by atoms with E-state index in [1.165, 1.54) is 0 Å². The molecular formula is C15H24ClNO. The fraction of sp³-hybridized carbons (Fsp3) is 0.600. The van der Waals surface area contributed by atoms with Gasteiger partial charge in [0.05, 0.1) is 5.02 Å². The first-order chi connectivity index (χ1) is 8.38. The van der Waals surface area contributed by atoms with Crippen LogP contribution in [-0.2, 0) is 0 Å². The molecular weight excluding hydrogens is 246 g/mol. The molecule has 0 aliphatic carbocycles. The summed E-state index contributed by atoms with van der Waals surface area (Å²) in [6, 6.07) is 5.85. The van der Waals surface area contributed by atoms with Crippen molar-refractivity contribution >= 4 is 11.6 Å². The molecule has 1 aromatic rings. The molecule has 0 bridgehead atoms. The molecule has 0 heterocycles. The summed E-state index contributed by atoms with van der Waals surface area (Å²) >= 11 is 6.08. The van der Waals surface area contributed by atoms with E-state index in [2.05, 4.69) is 26.1 Å². The minimum absolute atomic E-state index is 0.383. The molecule has 0 amide bonds. The molecule has 1 rings (SSSR count). The highest BCUT2D eigenvalue weighted by molar-refractivity contribution is 6.32. The van der Waals surface area contributed by atoms with Crippen molar-refractivity contribution in [2.24, 2.45) is 5.41 Å². The molecule has 0 spiro atoms. The van der Waals surface area contributed by atoms with Crippen LogP contribution in [0.3, 0.4) is 0 Å². The van der Waals surface area contributed by atoms with Crippen LogP contribution in [-0.4, -0.2) is 19.7 Å². The van der Waals surface area contributed by atoms with Gasteiger partial charge in [0.25, 0.3) is 0 Å². The molecule has 1 N–H and O–H groups in total. The lowest BCUT2D eigenvalue weighted by molar-refractivity contribution is 0.304. The summed E-state index contributed by atoms with van der Waals surface area (Å²) in [6.45, 7) is 11.3. The largest absolute Gasteiger partial charge is 0.491 e. The number of halogens is 1. The number of ether oxygens (including phenoxy) is 1. The van der Waals surface area contributed by atoms with Gasteiger partial charge in [0.2, 0.25) is 0 Å². The van der Waals surface area contributed by atoms with Crippen LogP contribution in [0.15, 0.2) is 18.2 Å². The van der Waals surface area contributed by atoms with Gasteiger partial charge in [-0.15, -0.1) is 0 Å². The van der Waals surface area contributed by atoms with Crippen molar-refractivity contribution in [2.45, 2.75) is 34.1 Å². The van der Waals surface area contributed by atoms with E-state index in [-0.39, 0.29) is 0 Å². The number of aryl methyl sites for hydroxylation is 1. The van der Waals surface area contributed by atoms with Gasteiger partial charge in [0.1, 0.15) is 12.4 Å². The van der Waals surface area contributed by atoms with E-state index in [4.69, 9.17) is 16.3 Å². The molecule has 102 valence electrons. The van der Waals surface area contributed by atoms with Gasteiger partial charge in [0, 0.05) is 6.54 Å². The Kier molecular flexibility index (Phi) is 5.97. The number of hydrogen-bond acceptors (Lipinski definition) is 2. The molecule has 0 aliphatic rings. The van der Waals surface area contributed by atoms with Crippen molar-refractivity contribution in [3.8, 4) is 5.75 Å². The third-order valence-electron chi connectivity index (χ3n) is 2.68. The average Bonchev–Trinajstić information content (AvgIpc) is 2.24. The van der Waals surface area contributed by atoms with Crippen LogP contribution in [0.4, 0.5) is 0 Å². The third-order valence-corrected chi connectivity index (χ3v) is 2.97. The van der Waals surface area contributed by atoms with Crippen molar-refractivity contribution in [2.75, 3.05) is 19.7 Å². The summed E-state index contributed by atoms with van der Waals surface area (Å²) in [6.07, 6.45) is 1.16. The van der Waals surface area contributed by atoms with E-state index in [1.807, 2.05) is 25.1 Å². The maximum absolute atomic E-state index is 6.08. The van der Waals surface area contributed by atoms with Crippen LogP contribution in [0.1, 0.15) is 32.8 Å². The van der Waals surface area contributed by atoms with Gasteiger partial charge in [-0.25, -0.2) is 0 Å². The summed E-state index contributed by atoms with van der Waals surface area (Å²) in [5.41, 5.74) is 1.53. The SMILES string of the molecule is Cc1ccc(OCCNCCC(C)(C)C)c(Cl)c1. The molecule has 0 aromatic heterocycles. The predicted octanol–water partition coefficient (Wildman–Crippen LogP) is 4.05. The maximum atomic E-state index is 6.08. The van der Waals surface area contributed by atoms with E-state index < -0.39 is 0 Å². The molecule has 0 atom stereocenters. The van der Waals surface area contributed by atoms with Crippen molar-refractivity contribution in [3.05, 3.63) is 28.8 Å². The Morgan fingerprint density at radius 1 is 1.22 bits per heavy atom. The molecule has 0 saturated carbocycles. The Morgan fingerprint density at radius 3 is 2.56 bits per heavy atom. The third kappa shape index (κ3) is 6.27. The lowest BCUT2D eigenvalue weighted by Gasteiger charge is -2.18. The van der Waals surface area contributed by atoms with Crippen LogP contribution in [0.25, 0.3) is 0 Å². The Bertz CT molecular complexity index is 371. The highest BCUT2D eigenvalue weighted by atomic mass is 35.5. The molecule has 0 radical (unpaired) electrons. The number of rotatable bonds is 6. The highest BCUT2D eigenvalue weighted by Gasteiger charge is 2.08.